The molecule has 0 N–H and O–H groups in total. The summed E-state index contributed by atoms with van der Waals surface area (Å²) in [6.07, 6.45) is -0.0470. The summed E-state index contributed by atoms with van der Waals surface area (Å²) >= 11 is 3.25. The molecule has 0 amide bonds. The normalized spacial score (nSPS) is 11.8. The standard InChI is InChI=1S/C12H17BrFO3P/c1-4-16-18(15,17-5-2)8-10-6-9(3)11(13)7-12(10)14/h6-7H,4-5,8H2,1-3H3. The Morgan fingerprint density at radius 1 is 1.28 bits per heavy atom. The van der Waals surface area contributed by atoms with Gasteiger partial charge in [0.15, 0.2) is 0 Å². The summed E-state index contributed by atoms with van der Waals surface area (Å²) in [5.41, 5.74) is 1.23. The first-order valence-corrected chi connectivity index (χ1v) is 8.26. The number of aryl methyl sites for hydroxylation is 1. The topological polar surface area (TPSA) is 35.5 Å². The van der Waals surface area contributed by atoms with Gasteiger partial charge in [-0.1, -0.05) is 22.0 Å². The third kappa shape index (κ3) is 4.16. The third-order valence-electron chi connectivity index (χ3n) is 2.34. The van der Waals surface area contributed by atoms with Gasteiger partial charge in [-0.3, -0.25) is 4.57 Å². The van der Waals surface area contributed by atoms with Crippen LogP contribution in [-0.4, -0.2) is 13.2 Å². The van der Waals surface area contributed by atoms with Gasteiger partial charge in [-0.05, 0) is 32.4 Å². The van der Waals surface area contributed by atoms with Crippen LogP contribution in [0.1, 0.15) is 25.0 Å². The molecule has 0 atom stereocenters. The van der Waals surface area contributed by atoms with Gasteiger partial charge >= 0.3 is 7.60 Å². The zero-order valence-corrected chi connectivity index (χ0v) is 13.2. The first kappa shape index (κ1) is 15.8. The molecule has 0 aliphatic carbocycles. The van der Waals surface area contributed by atoms with Gasteiger partial charge in [0, 0.05) is 10.0 Å². The smallest absolute Gasteiger partial charge is 0.309 e. The molecule has 102 valence electrons. The van der Waals surface area contributed by atoms with E-state index < -0.39 is 13.4 Å². The molecule has 1 aromatic carbocycles. The Morgan fingerprint density at radius 3 is 2.33 bits per heavy atom. The SMILES string of the molecule is CCOP(=O)(Cc1cc(C)c(Br)cc1F)OCC. The molecule has 0 heterocycles. The summed E-state index contributed by atoms with van der Waals surface area (Å²) in [5.74, 6) is -0.410. The summed E-state index contributed by atoms with van der Waals surface area (Å²) in [7, 11) is -3.26. The molecule has 0 aliphatic rings. The fraction of sp³-hybridized carbons (Fsp3) is 0.500. The Hall–Kier alpha value is -0.220. The summed E-state index contributed by atoms with van der Waals surface area (Å²) in [6.45, 7) is 5.85. The zero-order valence-electron chi connectivity index (χ0n) is 10.7. The van der Waals surface area contributed by atoms with Gasteiger partial charge in [0.2, 0.25) is 0 Å². The number of rotatable bonds is 6. The predicted octanol–water partition coefficient (Wildman–Crippen LogP) is 4.66. The minimum atomic E-state index is -3.26. The van der Waals surface area contributed by atoms with E-state index in [0.717, 1.165) is 5.56 Å². The molecule has 0 saturated heterocycles. The molecule has 0 aromatic heterocycles. The van der Waals surface area contributed by atoms with Gasteiger partial charge in [0.1, 0.15) is 5.82 Å². The number of hydrogen-bond donors (Lipinski definition) is 0. The van der Waals surface area contributed by atoms with E-state index in [1.807, 2.05) is 6.92 Å². The Labute approximate surface area is 115 Å². The molecular formula is C12H17BrFO3P. The average Bonchev–Trinajstić information content (AvgIpc) is 2.26. The number of benzene rings is 1. The van der Waals surface area contributed by atoms with Crippen LogP contribution in [0.25, 0.3) is 0 Å². The van der Waals surface area contributed by atoms with Gasteiger partial charge in [-0.25, -0.2) is 4.39 Å². The Kier molecular flexibility index (Phi) is 5.99. The molecule has 0 aliphatic heterocycles. The highest BCUT2D eigenvalue weighted by atomic mass is 79.9. The first-order valence-electron chi connectivity index (χ1n) is 5.74. The molecule has 1 aromatic rings. The van der Waals surface area contributed by atoms with Gasteiger partial charge in [0.25, 0.3) is 0 Å². The lowest BCUT2D eigenvalue weighted by atomic mass is 10.1. The van der Waals surface area contributed by atoms with Crippen LogP contribution in [0.3, 0.4) is 0 Å². The van der Waals surface area contributed by atoms with Gasteiger partial charge in [0.05, 0.1) is 19.4 Å². The lowest BCUT2D eigenvalue weighted by Crippen LogP contribution is -2.01. The van der Waals surface area contributed by atoms with E-state index in [0.29, 0.717) is 10.0 Å². The zero-order chi connectivity index (χ0) is 13.8. The molecule has 0 fully saturated rings. The molecule has 6 heteroatoms. The monoisotopic (exact) mass is 338 g/mol. The van der Waals surface area contributed by atoms with Crippen molar-refractivity contribution in [2.45, 2.75) is 26.9 Å². The van der Waals surface area contributed by atoms with Crippen molar-refractivity contribution in [3.63, 3.8) is 0 Å². The lowest BCUT2D eigenvalue weighted by Gasteiger charge is -2.17. The maximum atomic E-state index is 13.8. The minimum absolute atomic E-state index is 0.0470. The minimum Gasteiger partial charge on any atom is -0.309 e. The van der Waals surface area contributed by atoms with Crippen LogP contribution in [-0.2, 0) is 19.8 Å². The van der Waals surface area contributed by atoms with E-state index in [1.54, 1.807) is 19.9 Å². The van der Waals surface area contributed by atoms with E-state index in [9.17, 15) is 8.96 Å². The Morgan fingerprint density at radius 2 is 1.83 bits per heavy atom. The number of hydrogen-bond acceptors (Lipinski definition) is 3. The van der Waals surface area contributed by atoms with Crippen LogP contribution in [0.15, 0.2) is 16.6 Å². The lowest BCUT2D eigenvalue weighted by molar-refractivity contribution is 0.219. The molecule has 0 unspecified atom stereocenters. The maximum absolute atomic E-state index is 13.8. The quantitative estimate of drug-likeness (QED) is 0.707. The summed E-state index contributed by atoms with van der Waals surface area (Å²) in [5, 5.41) is 0. The van der Waals surface area contributed by atoms with Crippen molar-refractivity contribution in [2.24, 2.45) is 0 Å². The molecule has 18 heavy (non-hydrogen) atoms. The molecule has 0 radical (unpaired) electrons. The van der Waals surface area contributed by atoms with Crippen molar-refractivity contribution < 1.29 is 18.0 Å². The molecule has 0 spiro atoms. The Bertz CT molecular complexity index is 455. The fourth-order valence-corrected chi connectivity index (χ4v) is 3.59. The third-order valence-corrected chi connectivity index (χ3v) is 5.23. The number of halogens is 2. The van der Waals surface area contributed by atoms with Crippen LogP contribution in [0, 0.1) is 12.7 Å². The van der Waals surface area contributed by atoms with Crippen molar-refractivity contribution in [1.29, 1.82) is 0 Å². The van der Waals surface area contributed by atoms with Crippen LogP contribution in [0.5, 0.6) is 0 Å². The van der Waals surface area contributed by atoms with E-state index in [4.69, 9.17) is 9.05 Å². The van der Waals surface area contributed by atoms with Crippen molar-refractivity contribution >= 4 is 23.5 Å². The molecule has 3 nitrogen and oxygen atoms in total. The molecule has 0 saturated carbocycles. The van der Waals surface area contributed by atoms with E-state index in [-0.39, 0.29) is 19.4 Å². The summed E-state index contributed by atoms with van der Waals surface area (Å²) in [6, 6.07) is 3.02. The van der Waals surface area contributed by atoms with Crippen molar-refractivity contribution in [3.8, 4) is 0 Å². The van der Waals surface area contributed by atoms with Crippen LogP contribution < -0.4 is 0 Å². The highest BCUT2D eigenvalue weighted by Gasteiger charge is 2.26. The van der Waals surface area contributed by atoms with E-state index in [1.165, 1.54) is 6.07 Å². The average molecular weight is 339 g/mol. The highest BCUT2D eigenvalue weighted by Crippen LogP contribution is 2.51. The van der Waals surface area contributed by atoms with E-state index in [2.05, 4.69) is 15.9 Å². The van der Waals surface area contributed by atoms with Gasteiger partial charge < -0.3 is 9.05 Å². The van der Waals surface area contributed by atoms with Crippen molar-refractivity contribution in [1.82, 2.24) is 0 Å². The van der Waals surface area contributed by atoms with Crippen molar-refractivity contribution in [3.05, 3.63) is 33.5 Å². The largest absolute Gasteiger partial charge is 0.335 e. The first-order chi connectivity index (χ1) is 8.41. The van der Waals surface area contributed by atoms with Crippen LogP contribution in [0.4, 0.5) is 4.39 Å². The van der Waals surface area contributed by atoms with E-state index >= 15 is 0 Å². The maximum Gasteiger partial charge on any atom is 0.335 e. The summed E-state index contributed by atoms with van der Waals surface area (Å²) in [4.78, 5) is 0. The fourth-order valence-electron chi connectivity index (χ4n) is 1.57. The predicted molar refractivity (Wildman–Crippen MR) is 73.4 cm³/mol. The van der Waals surface area contributed by atoms with Crippen LogP contribution in [0.2, 0.25) is 0 Å². The second-order valence-electron chi connectivity index (χ2n) is 3.80. The molecule has 1 rings (SSSR count). The van der Waals surface area contributed by atoms with Gasteiger partial charge in [-0.2, -0.15) is 0 Å². The summed E-state index contributed by atoms with van der Waals surface area (Å²) < 4.78 is 37.1. The second-order valence-corrected chi connectivity index (χ2v) is 6.71. The van der Waals surface area contributed by atoms with Crippen molar-refractivity contribution in [2.75, 3.05) is 13.2 Å². The molecule has 0 bridgehead atoms. The highest BCUT2D eigenvalue weighted by molar-refractivity contribution is 9.10. The van der Waals surface area contributed by atoms with Gasteiger partial charge in [-0.15, -0.1) is 0 Å². The Balaban J connectivity index is 3.01. The van der Waals surface area contributed by atoms with Crippen LogP contribution >= 0.6 is 23.5 Å². The molecular weight excluding hydrogens is 322 g/mol. The second kappa shape index (κ2) is 6.80.